The lowest BCUT2D eigenvalue weighted by Gasteiger charge is -2.10. The molecule has 1 aromatic heterocycles. The van der Waals surface area contributed by atoms with E-state index in [2.05, 4.69) is 4.72 Å². The zero-order chi connectivity index (χ0) is 15.5. The molecule has 0 aliphatic carbocycles. The van der Waals surface area contributed by atoms with E-state index in [4.69, 9.17) is 5.11 Å². The van der Waals surface area contributed by atoms with Gasteiger partial charge in [0.15, 0.2) is 0 Å². The summed E-state index contributed by atoms with van der Waals surface area (Å²) in [5, 5.41) is 8.87. The van der Waals surface area contributed by atoms with Gasteiger partial charge in [0, 0.05) is 4.88 Å². The van der Waals surface area contributed by atoms with Gasteiger partial charge in [-0.3, -0.25) is 9.52 Å². The molecule has 0 atom stereocenters. The third-order valence-electron chi connectivity index (χ3n) is 2.85. The molecule has 2 N–H and O–H groups in total. The number of nitrogens with one attached hydrogen (secondary N) is 1. The quantitative estimate of drug-likeness (QED) is 0.855. The number of aliphatic carboxylic acids is 1. The predicted molar refractivity (Wildman–Crippen MR) is 82.3 cm³/mol. The van der Waals surface area contributed by atoms with Gasteiger partial charge in [0.2, 0.25) is 0 Å². The summed E-state index contributed by atoms with van der Waals surface area (Å²) in [6.07, 6.45) is 0.541. The van der Waals surface area contributed by atoms with Crippen molar-refractivity contribution in [1.29, 1.82) is 0 Å². The van der Waals surface area contributed by atoms with Crippen molar-refractivity contribution in [2.75, 3.05) is 4.72 Å². The zero-order valence-electron chi connectivity index (χ0n) is 11.4. The molecule has 112 valence electrons. The molecular weight excluding hydrogens is 310 g/mol. The second-order valence-corrected chi connectivity index (χ2v) is 7.49. The minimum atomic E-state index is -3.69. The standard InChI is InChI=1S/C14H15NO4S2/c1-2-11-7-8-14(20-11)21(18,19)15-12-6-4-3-5-10(12)9-13(16)17/h3-8,15H,2,9H2,1H3,(H,16,17). The third kappa shape index (κ3) is 3.83. The molecule has 0 saturated carbocycles. The van der Waals surface area contributed by atoms with Gasteiger partial charge in [0.1, 0.15) is 4.21 Å². The lowest BCUT2D eigenvalue weighted by Crippen LogP contribution is -2.14. The van der Waals surface area contributed by atoms with Crippen molar-refractivity contribution in [3.8, 4) is 0 Å². The van der Waals surface area contributed by atoms with Crippen molar-refractivity contribution in [2.45, 2.75) is 24.0 Å². The summed E-state index contributed by atoms with van der Waals surface area (Å²) >= 11 is 1.21. The highest BCUT2D eigenvalue weighted by Crippen LogP contribution is 2.26. The molecule has 0 amide bonds. The van der Waals surface area contributed by atoms with Gasteiger partial charge in [-0.25, -0.2) is 8.42 Å². The molecule has 0 saturated heterocycles. The fraction of sp³-hybridized carbons (Fsp3) is 0.214. The average molecular weight is 325 g/mol. The van der Waals surface area contributed by atoms with E-state index >= 15 is 0 Å². The molecule has 0 aliphatic rings. The minimum Gasteiger partial charge on any atom is -0.481 e. The highest BCUT2D eigenvalue weighted by atomic mass is 32.2. The highest BCUT2D eigenvalue weighted by molar-refractivity contribution is 7.94. The molecular formula is C14H15NO4S2. The molecule has 0 radical (unpaired) electrons. The van der Waals surface area contributed by atoms with Crippen LogP contribution in [0.25, 0.3) is 0 Å². The van der Waals surface area contributed by atoms with E-state index in [0.29, 0.717) is 11.3 Å². The molecule has 5 nitrogen and oxygen atoms in total. The maximum Gasteiger partial charge on any atom is 0.307 e. The number of aryl methyl sites for hydroxylation is 1. The number of hydrogen-bond acceptors (Lipinski definition) is 4. The first-order chi connectivity index (χ1) is 9.92. The zero-order valence-corrected chi connectivity index (χ0v) is 13.0. The molecule has 0 fully saturated rings. The number of carbonyl (C=O) groups is 1. The Labute approximate surface area is 127 Å². The van der Waals surface area contributed by atoms with Gasteiger partial charge < -0.3 is 5.11 Å². The summed E-state index contributed by atoms with van der Waals surface area (Å²) < 4.78 is 27.3. The van der Waals surface area contributed by atoms with Crippen LogP contribution in [0.2, 0.25) is 0 Å². The molecule has 1 heterocycles. The first-order valence-corrected chi connectivity index (χ1v) is 8.63. The lowest BCUT2D eigenvalue weighted by atomic mass is 10.1. The van der Waals surface area contributed by atoms with Gasteiger partial charge in [-0.05, 0) is 30.2 Å². The molecule has 0 spiro atoms. The summed E-state index contributed by atoms with van der Waals surface area (Å²) in [5.74, 6) is -1.01. The van der Waals surface area contributed by atoms with E-state index in [1.54, 1.807) is 36.4 Å². The second-order valence-electron chi connectivity index (χ2n) is 4.41. The van der Waals surface area contributed by atoms with Crippen LogP contribution in [0.3, 0.4) is 0 Å². The molecule has 21 heavy (non-hydrogen) atoms. The Morgan fingerprint density at radius 2 is 1.95 bits per heavy atom. The maximum absolute atomic E-state index is 12.3. The van der Waals surface area contributed by atoms with E-state index in [1.807, 2.05) is 6.92 Å². The van der Waals surface area contributed by atoms with Crippen molar-refractivity contribution in [1.82, 2.24) is 0 Å². The van der Waals surface area contributed by atoms with E-state index in [1.165, 1.54) is 11.3 Å². The smallest absolute Gasteiger partial charge is 0.307 e. The van der Waals surface area contributed by atoms with Crippen LogP contribution in [-0.2, 0) is 27.7 Å². The summed E-state index contributed by atoms with van der Waals surface area (Å²) in [5.41, 5.74) is 0.729. The number of carboxylic acids is 1. The summed E-state index contributed by atoms with van der Waals surface area (Å²) in [7, 11) is -3.69. The fourth-order valence-corrected chi connectivity index (χ4v) is 4.22. The van der Waals surface area contributed by atoms with Crippen molar-refractivity contribution in [2.24, 2.45) is 0 Å². The molecule has 2 rings (SSSR count). The van der Waals surface area contributed by atoms with Crippen LogP contribution in [0.5, 0.6) is 0 Å². The van der Waals surface area contributed by atoms with Crippen molar-refractivity contribution >= 4 is 33.0 Å². The highest BCUT2D eigenvalue weighted by Gasteiger charge is 2.18. The van der Waals surface area contributed by atoms with Gasteiger partial charge in [-0.1, -0.05) is 25.1 Å². The van der Waals surface area contributed by atoms with Crippen molar-refractivity contribution in [3.05, 3.63) is 46.8 Å². The molecule has 2 aromatic rings. The Kier molecular flexibility index (Phi) is 4.64. The Balaban J connectivity index is 2.30. The Morgan fingerprint density at radius 3 is 2.57 bits per heavy atom. The number of carboxylic acid groups (broad SMARTS) is 1. The van der Waals surface area contributed by atoms with Crippen LogP contribution in [0.15, 0.2) is 40.6 Å². The van der Waals surface area contributed by atoms with E-state index in [0.717, 1.165) is 11.3 Å². The first kappa shape index (κ1) is 15.5. The van der Waals surface area contributed by atoms with Gasteiger partial charge in [0.25, 0.3) is 10.0 Å². The van der Waals surface area contributed by atoms with Gasteiger partial charge >= 0.3 is 5.97 Å². The van der Waals surface area contributed by atoms with E-state index < -0.39 is 16.0 Å². The topological polar surface area (TPSA) is 83.5 Å². The number of thiophene rings is 1. The number of sulfonamides is 1. The SMILES string of the molecule is CCc1ccc(S(=O)(=O)Nc2ccccc2CC(=O)O)s1. The molecule has 0 aliphatic heterocycles. The molecule has 1 aromatic carbocycles. The van der Waals surface area contributed by atoms with Crippen LogP contribution in [-0.4, -0.2) is 19.5 Å². The summed E-state index contributed by atoms with van der Waals surface area (Å²) in [6.45, 7) is 1.96. The predicted octanol–water partition coefficient (Wildman–Crippen LogP) is 2.74. The molecule has 0 unspecified atom stereocenters. The van der Waals surface area contributed by atoms with Crippen LogP contribution in [0.1, 0.15) is 17.4 Å². The Hall–Kier alpha value is -1.86. The first-order valence-electron chi connectivity index (χ1n) is 6.33. The van der Waals surface area contributed by atoms with Gasteiger partial charge in [-0.2, -0.15) is 0 Å². The number of anilines is 1. The summed E-state index contributed by atoms with van der Waals surface area (Å²) in [4.78, 5) is 11.8. The van der Waals surface area contributed by atoms with Gasteiger partial charge in [-0.15, -0.1) is 11.3 Å². The third-order valence-corrected chi connectivity index (χ3v) is 5.94. The second kappa shape index (κ2) is 6.28. The number of benzene rings is 1. The fourth-order valence-electron chi connectivity index (χ4n) is 1.82. The average Bonchev–Trinajstić information content (AvgIpc) is 2.90. The van der Waals surface area contributed by atoms with Crippen LogP contribution < -0.4 is 4.72 Å². The van der Waals surface area contributed by atoms with Crippen molar-refractivity contribution in [3.63, 3.8) is 0 Å². The van der Waals surface area contributed by atoms with Crippen LogP contribution in [0.4, 0.5) is 5.69 Å². The number of rotatable bonds is 6. The van der Waals surface area contributed by atoms with Crippen LogP contribution >= 0.6 is 11.3 Å². The largest absolute Gasteiger partial charge is 0.481 e. The number of hydrogen-bond donors (Lipinski definition) is 2. The van der Waals surface area contributed by atoms with Crippen LogP contribution in [0, 0.1) is 0 Å². The Bertz CT molecular complexity index is 750. The molecule has 0 bridgehead atoms. The normalized spacial score (nSPS) is 11.3. The minimum absolute atomic E-state index is 0.226. The lowest BCUT2D eigenvalue weighted by molar-refractivity contribution is -0.136. The van der Waals surface area contributed by atoms with E-state index in [-0.39, 0.29) is 10.6 Å². The molecule has 7 heteroatoms. The van der Waals surface area contributed by atoms with Crippen molar-refractivity contribution < 1.29 is 18.3 Å². The number of para-hydroxylation sites is 1. The monoisotopic (exact) mass is 325 g/mol. The van der Waals surface area contributed by atoms with E-state index in [9.17, 15) is 13.2 Å². The Morgan fingerprint density at radius 1 is 1.24 bits per heavy atom. The summed E-state index contributed by atoms with van der Waals surface area (Å²) in [6, 6.07) is 9.83. The maximum atomic E-state index is 12.3. The van der Waals surface area contributed by atoms with Gasteiger partial charge in [0.05, 0.1) is 12.1 Å².